The van der Waals surface area contributed by atoms with Crippen LogP contribution in [0.5, 0.6) is 0 Å². The zero-order chi connectivity index (χ0) is 14.1. The molecule has 0 aliphatic rings. The van der Waals surface area contributed by atoms with Crippen molar-refractivity contribution in [3.8, 4) is 0 Å². The largest absolute Gasteiger partial charge is 0.304 e. The molecule has 3 aromatic heterocycles. The molecule has 0 unspecified atom stereocenters. The molecule has 3 aromatic rings. The summed E-state index contributed by atoms with van der Waals surface area (Å²) in [6, 6.07) is 7.72. The summed E-state index contributed by atoms with van der Waals surface area (Å²) >= 11 is 4.85. The van der Waals surface area contributed by atoms with Gasteiger partial charge >= 0.3 is 0 Å². The number of carbonyl (C=O) groups is 1. The van der Waals surface area contributed by atoms with Gasteiger partial charge in [-0.2, -0.15) is 0 Å². The normalized spacial score (nSPS) is 10.9. The molecule has 0 radical (unpaired) electrons. The molecule has 0 spiro atoms. The zero-order valence-corrected chi connectivity index (χ0v) is 13.2. The summed E-state index contributed by atoms with van der Waals surface area (Å²) in [6.45, 7) is 2.04. The Morgan fingerprint density at radius 2 is 2.30 bits per heavy atom. The van der Waals surface area contributed by atoms with Gasteiger partial charge in [0.15, 0.2) is 5.82 Å². The first kappa shape index (κ1) is 13.3. The monoisotopic (exact) mass is 349 g/mol. The maximum Gasteiger partial charge on any atom is 0.267 e. The molecule has 0 fully saturated rings. The van der Waals surface area contributed by atoms with Crippen molar-refractivity contribution in [1.82, 2.24) is 9.61 Å². The van der Waals surface area contributed by atoms with Crippen LogP contribution in [0.15, 0.2) is 40.3 Å². The van der Waals surface area contributed by atoms with Crippen molar-refractivity contribution in [2.75, 3.05) is 5.32 Å². The van der Waals surface area contributed by atoms with E-state index in [2.05, 4.69) is 26.3 Å². The van der Waals surface area contributed by atoms with Gasteiger partial charge in [-0.1, -0.05) is 6.92 Å². The number of anilines is 1. The van der Waals surface area contributed by atoms with Crippen LogP contribution in [0.2, 0.25) is 0 Å². The maximum atomic E-state index is 12.2. The molecule has 0 saturated carbocycles. The molecule has 0 aliphatic carbocycles. The molecule has 4 nitrogen and oxygen atoms in total. The van der Waals surface area contributed by atoms with E-state index in [-0.39, 0.29) is 5.91 Å². The number of nitrogens with zero attached hydrogens (tertiary/aromatic N) is 2. The molecule has 0 aromatic carbocycles. The highest BCUT2D eigenvalue weighted by molar-refractivity contribution is 9.10. The van der Waals surface area contributed by atoms with Crippen LogP contribution in [0, 0.1) is 0 Å². The first-order chi connectivity index (χ1) is 9.67. The molecule has 1 amide bonds. The molecule has 0 aliphatic heterocycles. The summed E-state index contributed by atoms with van der Waals surface area (Å²) in [5.74, 6) is 0.461. The third-order valence-electron chi connectivity index (χ3n) is 3.00. The Bertz CT molecular complexity index is 778. The predicted octanol–water partition coefficient (Wildman–Crippen LogP) is 3.97. The minimum Gasteiger partial charge on any atom is -0.304 e. The molecule has 6 heteroatoms. The third-order valence-corrected chi connectivity index (χ3v) is 4.42. The lowest BCUT2D eigenvalue weighted by Crippen LogP contribution is -2.12. The Morgan fingerprint density at radius 3 is 3.10 bits per heavy atom. The van der Waals surface area contributed by atoms with Gasteiger partial charge in [-0.05, 0) is 51.5 Å². The van der Waals surface area contributed by atoms with E-state index in [1.807, 2.05) is 42.8 Å². The van der Waals surface area contributed by atoms with E-state index in [1.165, 1.54) is 11.3 Å². The Kier molecular flexibility index (Phi) is 3.58. The van der Waals surface area contributed by atoms with Crippen molar-refractivity contribution in [3.63, 3.8) is 0 Å². The molecule has 0 bridgehead atoms. The summed E-state index contributed by atoms with van der Waals surface area (Å²) in [5, 5.41) is 9.13. The van der Waals surface area contributed by atoms with E-state index in [1.54, 1.807) is 4.52 Å². The number of hydrogen-bond donors (Lipinski definition) is 1. The number of aromatic nitrogens is 2. The lowest BCUT2D eigenvalue weighted by Gasteiger charge is -2.01. The van der Waals surface area contributed by atoms with Gasteiger partial charge in [0.2, 0.25) is 0 Å². The molecule has 3 heterocycles. The van der Waals surface area contributed by atoms with Crippen LogP contribution in [0.25, 0.3) is 5.52 Å². The van der Waals surface area contributed by atoms with Gasteiger partial charge in [-0.15, -0.1) is 16.4 Å². The van der Waals surface area contributed by atoms with E-state index < -0.39 is 0 Å². The van der Waals surface area contributed by atoms with Crippen molar-refractivity contribution >= 4 is 44.5 Å². The van der Waals surface area contributed by atoms with Crippen molar-refractivity contribution in [3.05, 3.63) is 50.8 Å². The smallest absolute Gasteiger partial charge is 0.267 e. The lowest BCUT2D eigenvalue weighted by molar-refractivity contribution is 0.102. The van der Waals surface area contributed by atoms with E-state index in [0.29, 0.717) is 5.82 Å². The number of amides is 1. The van der Waals surface area contributed by atoms with Gasteiger partial charge in [0, 0.05) is 16.7 Å². The molecule has 0 saturated heterocycles. The van der Waals surface area contributed by atoms with Gasteiger partial charge in [-0.3, -0.25) is 4.79 Å². The van der Waals surface area contributed by atoms with Gasteiger partial charge < -0.3 is 5.32 Å². The first-order valence-corrected chi connectivity index (χ1v) is 7.87. The van der Waals surface area contributed by atoms with Gasteiger partial charge in [0.1, 0.15) is 0 Å². The second-order valence-electron chi connectivity index (χ2n) is 4.33. The molecular formula is C14H12BrN3OS. The number of rotatable bonds is 3. The summed E-state index contributed by atoms with van der Waals surface area (Å²) < 4.78 is 2.67. The van der Waals surface area contributed by atoms with E-state index in [0.717, 1.165) is 26.9 Å². The molecular weight excluding hydrogens is 338 g/mol. The quantitative estimate of drug-likeness (QED) is 0.777. The van der Waals surface area contributed by atoms with Crippen LogP contribution in [-0.2, 0) is 6.42 Å². The Balaban J connectivity index is 1.87. The van der Waals surface area contributed by atoms with Crippen LogP contribution >= 0.6 is 27.3 Å². The molecule has 3 rings (SSSR count). The molecule has 102 valence electrons. The molecule has 20 heavy (non-hydrogen) atoms. The predicted molar refractivity (Wildman–Crippen MR) is 84.5 cm³/mol. The van der Waals surface area contributed by atoms with Crippen molar-refractivity contribution in [2.45, 2.75) is 13.3 Å². The van der Waals surface area contributed by atoms with Crippen LogP contribution in [0.3, 0.4) is 0 Å². The minimum absolute atomic E-state index is 0.0979. The molecule has 0 atom stereocenters. The SMILES string of the molecule is CCc1ccsc1C(=O)Nc1cc2ccc(Br)cn2n1. The van der Waals surface area contributed by atoms with E-state index in [9.17, 15) is 4.79 Å². The van der Waals surface area contributed by atoms with E-state index in [4.69, 9.17) is 0 Å². The average molecular weight is 350 g/mol. The topological polar surface area (TPSA) is 46.4 Å². The fourth-order valence-corrected chi connectivity index (χ4v) is 3.23. The second kappa shape index (κ2) is 5.38. The maximum absolute atomic E-state index is 12.2. The lowest BCUT2D eigenvalue weighted by atomic mass is 10.2. The Hall–Kier alpha value is -1.66. The van der Waals surface area contributed by atoms with Crippen LogP contribution in [-0.4, -0.2) is 15.5 Å². The fourth-order valence-electron chi connectivity index (χ4n) is 2.01. The van der Waals surface area contributed by atoms with Crippen molar-refractivity contribution in [2.24, 2.45) is 0 Å². The first-order valence-electron chi connectivity index (χ1n) is 6.20. The van der Waals surface area contributed by atoms with Gasteiger partial charge in [0.25, 0.3) is 5.91 Å². The second-order valence-corrected chi connectivity index (χ2v) is 6.16. The number of carbonyl (C=O) groups excluding carboxylic acids is 1. The number of hydrogen-bond acceptors (Lipinski definition) is 3. The average Bonchev–Trinajstić information content (AvgIpc) is 3.03. The summed E-state index contributed by atoms with van der Waals surface area (Å²) in [4.78, 5) is 13.0. The summed E-state index contributed by atoms with van der Waals surface area (Å²) in [6.07, 6.45) is 2.71. The van der Waals surface area contributed by atoms with Gasteiger partial charge in [0.05, 0.1) is 10.4 Å². The number of aryl methyl sites for hydroxylation is 1. The highest BCUT2D eigenvalue weighted by Gasteiger charge is 2.13. The van der Waals surface area contributed by atoms with Crippen LogP contribution in [0.1, 0.15) is 22.2 Å². The number of halogens is 1. The Morgan fingerprint density at radius 1 is 1.45 bits per heavy atom. The highest BCUT2D eigenvalue weighted by Crippen LogP contribution is 2.20. The summed E-state index contributed by atoms with van der Waals surface area (Å²) in [5.41, 5.74) is 2.00. The highest BCUT2D eigenvalue weighted by atomic mass is 79.9. The number of fused-ring (bicyclic) bond motifs is 1. The van der Waals surface area contributed by atoms with Crippen molar-refractivity contribution in [1.29, 1.82) is 0 Å². The van der Waals surface area contributed by atoms with Crippen LogP contribution in [0.4, 0.5) is 5.82 Å². The minimum atomic E-state index is -0.0979. The Labute approximate surface area is 128 Å². The molecule has 1 N–H and O–H groups in total. The number of thiophene rings is 1. The third kappa shape index (κ3) is 2.48. The van der Waals surface area contributed by atoms with E-state index >= 15 is 0 Å². The van der Waals surface area contributed by atoms with Crippen molar-refractivity contribution < 1.29 is 4.79 Å². The zero-order valence-electron chi connectivity index (χ0n) is 10.8. The number of pyridine rings is 1. The fraction of sp³-hybridized carbons (Fsp3) is 0.143. The summed E-state index contributed by atoms with van der Waals surface area (Å²) in [7, 11) is 0. The van der Waals surface area contributed by atoms with Gasteiger partial charge in [-0.25, -0.2) is 4.52 Å². The number of nitrogens with one attached hydrogen (secondary N) is 1. The standard InChI is InChI=1S/C14H12BrN3OS/c1-2-9-5-6-20-13(9)14(19)16-12-7-11-4-3-10(15)8-18(11)17-12/h3-8H,2H2,1H3,(H,16,17,19). The van der Waals surface area contributed by atoms with Crippen LogP contribution < -0.4 is 5.32 Å².